The van der Waals surface area contributed by atoms with Crippen molar-refractivity contribution in [1.82, 2.24) is 4.98 Å². The molecule has 0 aliphatic rings. The lowest BCUT2D eigenvalue weighted by molar-refractivity contribution is 0.0697. The van der Waals surface area contributed by atoms with Crippen molar-refractivity contribution >= 4 is 11.8 Å². The predicted octanol–water partition coefficient (Wildman–Crippen LogP) is 1.99. The highest BCUT2D eigenvalue weighted by atomic mass is 16.4. The van der Waals surface area contributed by atoms with Gasteiger partial charge in [0.2, 0.25) is 0 Å². The second-order valence-electron chi connectivity index (χ2n) is 4.28. The molecule has 0 aliphatic carbocycles. The fourth-order valence-electron chi connectivity index (χ4n) is 1.85. The molecule has 0 spiro atoms. The number of carboxylic acid groups (broad SMARTS) is 1. The Hall–Kier alpha value is -1.62. The van der Waals surface area contributed by atoms with Gasteiger partial charge in [-0.15, -0.1) is 0 Å². The van der Waals surface area contributed by atoms with Crippen molar-refractivity contribution in [1.29, 1.82) is 0 Å². The molecule has 1 heterocycles. The summed E-state index contributed by atoms with van der Waals surface area (Å²) in [5.41, 5.74) is 0.224. The fraction of sp³-hybridized carbons (Fsp3) is 0.538. The van der Waals surface area contributed by atoms with Crippen LogP contribution in [0, 0.1) is 5.92 Å². The van der Waals surface area contributed by atoms with Crippen molar-refractivity contribution in [3.63, 3.8) is 0 Å². The molecule has 0 amide bonds. The summed E-state index contributed by atoms with van der Waals surface area (Å²) in [6, 6.07) is 2.98. The van der Waals surface area contributed by atoms with Crippen molar-refractivity contribution in [2.45, 2.75) is 26.2 Å². The number of hydrogen-bond acceptors (Lipinski definition) is 4. The van der Waals surface area contributed by atoms with E-state index in [1.165, 1.54) is 18.3 Å². The molecule has 0 bridgehead atoms. The molecule has 0 aliphatic heterocycles. The minimum Gasteiger partial charge on any atom is -0.478 e. The van der Waals surface area contributed by atoms with Crippen LogP contribution < -0.4 is 5.32 Å². The molecule has 0 radical (unpaired) electrons. The number of aromatic carboxylic acids is 1. The Morgan fingerprint density at radius 2 is 2.28 bits per heavy atom. The summed E-state index contributed by atoms with van der Waals surface area (Å²) >= 11 is 0. The number of carboxylic acids is 1. The van der Waals surface area contributed by atoms with E-state index >= 15 is 0 Å². The first-order valence-corrected chi connectivity index (χ1v) is 6.21. The van der Waals surface area contributed by atoms with E-state index in [-0.39, 0.29) is 12.2 Å². The molecule has 0 fully saturated rings. The summed E-state index contributed by atoms with van der Waals surface area (Å²) in [5.74, 6) is -0.00913. The first-order chi connectivity index (χ1) is 8.67. The van der Waals surface area contributed by atoms with Crippen LogP contribution in [0.15, 0.2) is 18.3 Å². The van der Waals surface area contributed by atoms with E-state index in [4.69, 9.17) is 10.2 Å². The van der Waals surface area contributed by atoms with Crippen LogP contribution in [0.3, 0.4) is 0 Å². The van der Waals surface area contributed by atoms with Crippen molar-refractivity contribution < 1.29 is 15.0 Å². The van der Waals surface area contributed by atoms with Gasteiger partial charge in [-0.1, -0.05) is 13.3 Å². The summed E-state index contributed by atoms with van der Waals surface area (Å²) in [4.78, 5) is 14.9. The molecule has 0 aromatic carbocycles. The third-order valence-corrected chi connectivity index (χ3v) is 2.81. The van der Waals surface area contributed by atoms with Gasteiger partial charge in [0, 0.05) is 19.3 Å². The van der Waals surface area contributed by atoms with Crippen molar-refractivity contribution in [3.8, 4) is 0 Å². The molecule has 5 heteroatoms. The molecule has 18 heavy (non-hydrogen) atoms. The van der Waals surface area contributed by atoms with E-state index < -0.39 is 5.97 Å². The van der Waals surface area contributed by atoms with E-state index in [1.54, 1.807) is 0 Å². The molecular weight excluding hydrogens is 232 g/mol. The first-order valence-electron chi connectivity index (χ1n) is 6.21. The zero-order valence-corrected chi connectivity index (χ0v) is 10.6. The van der Waals surface area contributed by atoms with Crippen LogP contribution >= 0.6 is 0 Å². The Kier molecular flexibility index (Phi) is 6.14. The molecule has 0 saturated heterocycles. The summed E-state index contributed by atoms with van der Waals surface area (Å²) in [7, 11) is 0. The monoisotopic (exact) mass is 252 g/mol. The van der Waals surface area contributed by atoms with Crippen molar-refractivity contribution in [2.24, 2.45) is 5.92 Å². The fourth-order valence-corrected chi connectivity index (χ4v) is 1.85. The van der Waals surface area contributed by atoms with Gasteiger partial charge in [-0.05, 0) is 30.9 Å². The number of nitrogens with zero attached hydrogens (tertiary/aromatic N) is 1. The highest BCUT2D eigenvalue weighted by Gasteiger charge is 2.08. The topological polar surface area (TPSA) is 82.5 Å². The van der Waals surface area contributed by atoms with Gasteiger partial charge >= 0.3 is 5.97 Å². The van der Waals surface area contributed by atoms with Crippen LogP contribution in [-0.2, 0) is 0 Å². The number of aromatic nitrogens is 1. The van der Waals surface area contributed by atoms with Gasteiger partial charge in [0.15, 0.2) is 0 Å². The van der Waals surface area contributed by atoms with Gasteiger partial charge in [-0.2, -0.15) is 0 Å². The van der Waals surface area contributed by atoms with Gasteiger partial charge in [0.25, 0.3) is 0 Å². The maximum atomic E-state index is 10.8. The summed E-state index contributed by atoms with van der Waals surface area (Å²) < 4.78 is 0. The molecule has 0 saturated carbocycles. The lowest BCUT2D eigenvalue weighted by Crippen LogP contribution is -2.16. The standard InChI is InChI=1S/C13H20N2O3/c1-2-3-10(5-7-16)9-15-12-8-11(13(17)18)4-6-14-12/h4,6,8,10,16H,2-3,5,7,9H2,1H3,(H,14,15)(H,17,18). The Morgan fingerprint density at radius 3 is 2.89 bits per heavy atom. The molecule has 3 N–H and O–H groups in total. The number of hydrogen-bond donors (Lipinski definition) is 3. The molecular formula is C13H20N2O3. The van der Waals surface area contributed by atoms with Gasteiger partial charge in [0.1, 0.15) is 5.82 Å². The van der Waals surface area contributed by atoms with Crippen molar-refractivity contribution in [2.75, 3.05) is 18.5 Å². The molecule has 5 nitrogen and oxygen atoms in total. The highest BCUT2D eigenvalue weighted by Crippen LogP contribution is 2.13. The average Bonchev–Trinajstić information content (AvgIpc) is 2.37. The zero-order valence-electron chi connectivity index (χ0n) is 10.6. The number of aliphatic hydroxyl groups excluding tert-OH is 1. The number of anilines is 1. The van der Waals surface area contributed by atoms with E-state index in [1.807, 2.05) is 0 Å². The van der Waals surface area contributed by atoms with Crippen LogP contribution in [0.2, 0.25) is 0 Å². The second-order valence-corrected chi connectivity index (χ2v) is 4.28. The minimum absolute atomic E-state index is 0.176. The van der Waals surface area contributed by atoms with E-state index in [2.05, 4.69) is 17.2 Å². The Balaban J connectivity index is 2.55. The Bertz CT molecular complexity index is 376. The van der Waals surface area contributed by atoms with E-state index in [0.29, 0.717) is 18.3 Å². The minimum atomic E-state index is -0.957. The molecule has 1 unspecified atom stereocenters. The van der Waals surface area contributed by atoms with Crippen LogP contribution in [0.1, 0.15) is 36.5 Å². The van der Waals surface area contributed by atoms with E-state index in [9.17, 15) is 4.79 Å². The van der Waals surface area contributed by atoms with Crippen LogP contribution in [-0.4, -0.2) is 34.3 Å². The number of carbonyl (C=O) groups is 1. The quantitative estimate of drug-likeness (QED) is 0.659. The third-order valence-electron chi connectivity index (χ3n) is 2.81. The maximum absolute atomic E-state index is 10.8. The van der Waals surface area contributed by atoms with Gasteiger partial charge < -0.3 is 15.5 Å². The second kappa shape index (κ2) is 7.66. The lowest BCUT2D eigenvalue weighted by Gasteiger charge is -2.16. The van der Waals surface area contributed by atoms with Crippen LogP contribution in [0.5, 0.6) is 0 Å². The van der Waals surface area contributed by atoms with Crippen LogP contribution in [0.25, 0.3) is 0 Å². The molecule has 1 atom stereocenters. The molecule has 1 aromatic heterocycles. The van der Waals surface area contributed by atoms with Crippen molar-refractivity contribution in [3.05, 3.63) is 23.9 Å². The summed E-state index contributed by atoms with van der Waals surface area (Å²) in [5, 5.41) is 20.9. The SMILES string of the molecule is CCCC(CCO)CNc1cc(C(=O)O)ccn1. The molecule has 1 rings (SSSR count). The summed E-state index contributed by atoms with van der Waals surface area (Å²) in [6.45, 7) is 2.98. The Labute approximate surface area is 107 Å². The highest BCUT2D eigenvalue weighted by molar-refractivity contribution is 5.88. The third kappa shape index (κ3) is 4.71. The maximum Gasteiger partial charge on any atom is 0.335 e. The Morgan fingerprint density at radius 1 is 1.50 bits per heavy atom. The number of rotatable bonds is 8. The smallest absolute Gasteiger partial charge is 0.335 e. The van der Waals surface area contributed by atoms with Gasteiger partial charge in [0.05, 0.1) is 5.56 Å². The average molecular weight is 252 g/mol. The number of pyridine rings is 1. The molecule has 100 valence electrons. The van der Waals surface area contributed by atoms with Gasteiger partial charge in [-0.25, -0.2) is 9.78 Å². The van der Waals surface area contributed by atoms with E-state index in [0.717, 1.165) is 19.3 Å². The van der Waals surface area contributed by atoms with Gasteiger partial charge in [-0.3, -0.25) is 0 Å². The molecule has 1 aromatic rings. The van der Waals surface area contributed by atoms with Crippen LogP contribution in [0.4, 0.5) is 5.82 Å². The zero-order chi connectivity index (χ0) is 13.4. The number of aliphatic hydroxyl groups is 1. The number of nitrogens with one attached hydrogen (secondary N) is 1. The predicted molar refractivity (Wildman–Crippen MR) is 69.8 cm³/mol. The first kappa shape index (κ1) is 14.4. The lowest BCUT2D eigenvalue weighted by atomic mass is 10.0. The normalized spacial score (nSPS) is 12.1. The summed E-state index contributed by atoms with van der Waals surface area (Å²) in [6.07, 6.45) is 4.33. The largest absolute Gasteiger partial charge is 0.478 e.